The maximum Gasteiger partial charge on any atom is 0.253 e. The number of rotatable bonds is 4. The van der Waals surface area contributed by atoms with Gasteiger partial charge in [-0.1, -0.05) is 30.3 Å². The fourth-order valence-corrected chi connectivity index (χ4v) is 3.91. The van der Waals surface area contributed by atoms with E-state index < -0.39 is 5.91 Å². The number of nitrogen functional groups attached to an aromatic ring is 1. The molecule has 7 nitrogen and oxygen atoms in total. The summed E-state index contributed by atoms with van der Waals surface area (Å²) >= 11 is 0. The third kappa shape index (κ3) is 4.00. The van der Waals surface area contributed by atoms with Crippen LogP contribution < -0.4 is 11.5 Å². The predicted octanol–water partition coefficient (Wildman–Crippen LogP) is 2.84. The fraction of sp³-hybridized carbons (Fsp3) is 0.217. The molecule has 152 valence electrons. The summed E-state index contributed by atoms with van der Waals surface area (Å²) in [4.78, 5) is 34.9. The van der Waals surface area contributed by atoms with Gasteiger partial charge in [-0.25, -0.2) is 9.97 Å². The lowest BCUT2D eigenvalue weighted by Crippen LogP contribution is -2.39. The van der Waals surface area contributed by atoms with Crippen molar-refractivity contribution in [2.24, 2.45) is 5.73 Å². The van der Waals surface area contributed by atoms with E-state index in [9.17, 15) is 9.59 Å². The Balaban J connectivity index is 1.64. The highest BCUT2D eigenvalue weighted by Crippen LogP contribution is 2.33. The molecule has 2 amide bonds. The second kappa shape index (κ2) is 8.32. The van der Waals surface area contributed by atoms with Gasteiger partial charge in [0.2, 0.25) is 11.9 Å². The smallest absolute Gasteiger partial charge is 0.253 e. The second-order valence-electron chi connectivity index (χ2n) is 7.43. The Bertz CT molecular complexity index is 1070. The number of hydrogen-bond acceptors (Lipinski definition) is 5. The van der Waals surface area contributed by atoms with Gasteiger partial charge in [0.15, 0.2) is 0 Å². The molecule has 30 heavy (non-hydrogen) atoms. The van der Waals surface area contributed by atoms with Crippen molar-refractivity contribution in [3.63, 3.8) is 0 Å². The summed E-state index contributed by atoms with van der Waals surface area (Å²) in [6.45, 7) is 1.28. The average molecular weight is 401 g/mol. The summed E-state index contributed by atoms with van der Waals surface area (Å²) in [7, 11) is 0. The Morgan fingerprint density at radius 3 is 2.43 bits per heavy atom. The molecule has 1 aromatic heterocycles. The molecule has 0 bridgehead atoms. The summed E-state index contributed by atoms with van der Waals surface area (Å²) in [5, 5.41) is 0. The molecule has 3 aromatic rings. The Morgan fingerprint density at radius 1 is 1.00 bits per heavy atom. The van der Waals surface area contributed by atoms with Crippen LogP contribution in [0.1, 0.15) is 45.2 Å². The maximum atomic E-state index is 12.9. The summed E-state index contributed by atoms with van der Waals surface area (Å²) in [5.41, 5.74) is 14.9. The van der Waals surface area contributed by atoms with Crippen LogP contribution in [0.4, 0.5) is 5.95 Å². The molecule has 2 aromatic carbocycles. The molecule has 0 radical (unpaired) electrons. The van der Waals surface area contributed by atoms with E-state index >= 15 is 0 Å². The van der Waals surface area contributed by atoms with Crippen molar-refractivity contribution in [1.82, 2.24) is 14.9 Å². The first-order valence-electron chi connectivity index (χ1n) is 9.90. The molecule has 2 heterocycles. The number of hydrogen-bond donors (Lipinski definition) is 2. The van der Waals surface area contributed by atoms with Gasteiger partial charge in [0, 0.05) is 41.9 Å². The minimum atomic E-state index is -0.474. The Kier molecular flexibility index (Phi) is 5.43. The first-order valence-corrected chi connectivity index (χ1v) is 9.90. The number of carbonyl (C=O) groups excluding carboxylic acids is 2. The van der Waals surface area contributed by atoms with Crippen molar-refractivity contribution in [3.8, 4) is 11.1 Å². The van der Waals surface area contributed by atoms with Gasteiger partial charge in [-0.2, -0.15) is 0 Å². The standard InChI is InChI=1S/C23H23N5O2/c24-21(29)16-10-8-15(9-11-16)19-13-26-23(25)27-20(19)18-7-4-12-28(14-18)22(30)17-5-2-1-3-6-17/h1-3,5-6,8-11,13,18H,4,7,12,14H2,(H2,24,29)(H2,25,26,27)/t18-/m1/s1. The van der Waals surface area contributed by atoms with Crippen molar-refractivity contribution >= 4 is 17.8 Å². The molecule has 4 rings (SSSR count). The van der Waals surface area contributed by atoms with Gasteiger partial charge < -0.3 is 16.4 Å². The summed E-state index contributed by atoms with van der Waals surface area (Å²) in [5.74, 6) is -0.205. The lowest BCUT2D eigenvalue weighted by Gasteiger charge is -2.33. The van der Waals surface area contributed by atoms with Crippen LogP contribution in [0.15, 0.2) is 60.8 Å². The van der Waals surface area contributed by atoms with Crippen molar-refractivity contribution < 1.29 is 9.59 Å². The number of carbonyl (C=O) groups is 2. The van der Waals surface area contributed by atoms with Gasteiger partial charge in [0.05, 0.1) is 5.69 Å². The van der Waals surface area contributed by atoms with E-state index in [0.717, 1.165) is 29.7 Å². The zero-order valence-electron chi connectivity index (χ0n) is 16.5. The first kappa shape index (κ1) is 19.6. The molecule has 0 aliphatic carbocycles. The normalized spacial score (nSPS) is 16.3. The zero-order chi connectivity index (χ0) is 21.1. The molecule has 1 saturated heterocycles. The van der Waals surface area contributed by atoms with E-state index in [2.05, 4.69) is 9.97 Å². The van der Waals surface area contributed by atoms with Crippen LogP contribution in [-0.4, -0.2) is 39.8 Å². The van der Waals surface area contributed by atoms with E-state index in [4.69, 9.17) is 11.5 Å². The van der Waals surface area contributed by atoms with E-state index in [1.54, 1.807) is 18.3 Å². The third-order valence-electron chi connectivity index (χ3n) is 5.43. The number of primary amides is 1. The number of nitrogens with zero attached hydrogens (tertiary/aromatic N) is 3. The lowest BCUT2D eigenvalue weighted by molar-refractivity contribution is 0.0706. The molecule has 0 saturated carbocycles. The lowest BCUT2D eigenvalue weighted by atomic mass is 9.89. The molecule has 0 spiro atoms. The molecule has 1 atom stereocenters. The van der Waals surface area contributed by atoms with Gasteiger partial charge in [-0.05, 0) is 42.7 Å². The Hall–Kier alpha value is -3.74. The summed E-state index contributed by atoms with van der Waals surface area (Å²) < 4.78 is 0. The highest BCUT2D eigenvalue weighted by molar-refractivity contribution is 5.94. The second-order valence-corrected chi connectivity index (χ2v) is 7.43. The third-order valence-corrected chi connectivity index (χ3v) is 5.43. The van der Waals surface area contributed by atoms with Crippen molar-refractivity contribution in [1.29, 1.82) is 0 Å². The molecule has 0 unspecified atom stereocenters. The van der Waals surface area contributed by atoms with E-state index in [1.807, 2.05) is 47.4 Å². The molecule has 1 fully saturated rings. The van der Waals surface area contributed by atoms with Crippen LogP contribution in [0.25, 0.3) is 11.1 Å². The molecule has 1 aliphatic heterocycles. The minimum Gasteiger partial charge on any atom is -0.368 e. The molecule has 1 aliphatic rings. The van der Waals surface area contributed by atoms with Crippen LogP contribution >= 0.6 is 0 Å². The van der Waals surface area contributed by atoms with Crippen LogP contribution in [0, 0.1) is 0 Å². The largest absolute Gasteiger partial charge is 0.368 e. The maximum absolute atomic E-state index is 12.9. The van der Waals surface area contributed by atoms with Gasteiger partial charge in [0.1, 0.15) is 0 Å². The highest BCUT2D eigenvalue weighted by atomic mass is 16.2. The first-order chi connectivity index (χ1) is 14.5. The number of aromatic nitrogens is 2. The number of amides is 2. The Morgan fingerprint density at radius 2 is 1.73 bits per heavy atom. The monoisotopic (exact) mass is 401 g/mol. The van der Waals surface area contributed by atoms with Gasteiger partial charge in [0.25, 0.3) is 5.91 Å². The molecule has 7 heteroatoms. The minimum absolute atomic E-state index is 0.0229. The van der Waals surface area contributed by atoms with Crippen LogP contribution in [0.5, 0.6) is 0 Å². The van der Waals surface area contributed by atoms with E-state index in [0.29, 0.717) is 24.2 Å². The molecule has 4 N–H and O–H groups in total. The number of piperidine rings is 1. The van der Waals surface area contributed by atoms with E-state index in [1.165, 1.54) is 0 Å². The topological polar surface area (TPSA) is 115 Å². The van der Waals surface area contributed by atoms with Crippen LogP contribution in [0.2, 0.25) is 0 Å². The summed E-state index contributed by atoms with van der Waals surface area (Å²) in [6.07, 6.45) is 3.49. The number of nitrogens with two attached hydrogens (primary N) is 2. The highest BCUT2D eigenvalue weighted by Gasteiger charge is 2.28. The molecular weight excluding hydrogens is 378 g/mol. The number of likely N-dealkylation sites (tertiary alicyclic amines) is 1. The van der Waals surface area contributed by atoms with Gasteiger partial charge >= 0.3 is 0 Å². The number of anilines is 1. The zero-order valence-corrected chi connectivity index (χ0v) is 16.5. The molecular formula is C23H23N5O2. The SMILES string of the molecule is NC(=O)c1ccc(-c2cnc(N)nc2[C@@H]2CCCN(C(=O)c3ccccc3)C2)cc1. The van der Waals surface area contributed by atoms with Gasteiger partial charge in [-0.3, -0.25) is 9.59 Å². The van der Waals surface area contributed by atoms with Crippen molar-refractivity contribution in [2.45, 2.75) is 18.8 Å². The van der Waals surface area contributed by atoms with Crippen LogP contribution in [-0.2, 0) is 0 Å². The average Bonchev–Trinajstić information content (AvgIpc) is 2.79. The van der Waals surface area contributed by atoms with Crippen LogP contribution in [0.3, 0.4) is 0 Å². The Labute approximate surface area is 174 Å². The number of benzene rings is 2. The van der Waals surface area contributed by atoms with Crippen molar-refractivity contribution in [3.05, 3.63) is 77.6 Å². The van der Waals surface area contributed by atoms with Gasteiger partial charge in [-0.15, -0.1) is 0 Å². The summed E-state index contributed by atoms with van der Waals surface area (Å²) in [6, 6.07) is 16.3. The predicted molar refractivity (Wildman–Crippen MR) is 115 cm³/mol. The van der Waals surface area contributed by atoms with E-state index in [-0.39, 0.29) is 17.8 Å². The van der Waals surface area contributed by atoms with Crippen molar-refractivity contribution in [2.75, 3.05) is 18.8 Å². The fourth-order valence-electron chi connectivity index (χ4n) is 3.91. The quantitative estimate of drug-likeness (QED) is 0.697.